The van der Waals surface area contributed by atoms with Gasteiger partial charge in [0.1, 0.15) is 5.52 Å². The predicted molar refractivity (Wildman–Crippen MR) is 92.4 cm³/mol. The van der Waals surface area contributed by atoms with E-state index in [0.717, 1.165) is 0 Å². The normalized spacial score (nSPS) is 14.8. The highest BCUT2D eigenvalue weighted by Crippen LogP contribution is 2.20. The molecule has 1 aliphatic heterocycles. The molecule has 2 heterocycles. The summed E-state index contributed by atoms with van der Waals surface area (Å²) in [5.41, 5.74) is 2.08. The zero-order valence-electron chi connectivity index (χ0n) is 14.4. The zero-order valence-corrected chi connectivity index (χ0v) is 14.4. The first kappa shape index (κ1) is 17.2. The van der Waals surface area contributed by atoms with Crippen molar-refractivity contribution in [2.24, 2.45) is 0 Å². The number of carbonyl (C=O) groups excluding carboxylic acids is 2. The Bertz CT molecular complexity index is 765. The summed E-state index contributed by atoms with van der Waals surface area (Å²) in [6.07, 6.45) is 0.375. The first-order chi connectivity index (χ1) is 12.1. The van der Waals surface area contributed by atoms with Crippen LogP contribution in [0.5, 0.6) is 0 Å². The number of nitrogens with one attached hydrogen (secondary N) is 1. The lowest BCUT2D eigenvalue weighted by molar-refractivity contribution is -0.133. The van der Waals surface area contributed by atoms with E-state index in [9.17, 15) is 9.59 Å². The molecule has 1 aliphatic rings. The number of piperazine rings is 1. The predicted octanol–water partition coefficient (Wildman–Crippen LogP) is 1.85. The number of urea groups is 1. The fourth-order valence-electron chi connectivity index (χ4n) is 2.83. The average Bonchev–Trinajstić information content (AvgIpc) is 2.99. The van der Waals surface area contributed by atoms with Gasteiger partial charge in [0.15, 0.2) is 11.5 Å². The summed E-state index contributed by atoms with van der Waals surface area (Å²) in [4.78, 5) is 32.1. The summed E-state index contributed by atoms with van der Waals surface area (Å²) in [6.45, 7) is 4.30. The highest BCUT2D eigenvalue weighted by Gasteiger charge is 2.24. The molecule has 0 radical (unpaired) electrons. The van der Waals surface area contributed by atoms with Gasteiger partial charge < -0.3 is 24.3 Å². The molecule has 8 nitrogen and oxygen atoms in total. The van der Waals surface area contributed by atoms with Crippen LogP contribution in [0.1, 0.15) is 12.3 Å². The van der Waals surface area contributed by atoms with Crippen LogP contribution in [0.4, 0.5) is 10.5 Å². The number of hydrogen-bond donors (Lipinski definition) is 1. The molecule has 2 aromatic rings. The molecule has 8 heteroatoms. The maximum absolute atomic E-state index is 12.4. The number of methoxy groups -OCH3 is 1. The molecule has 1 saturated heterocycles. The molecule has 0 saturated carbocycles. The summed E-state index contributed by atoms with van der Waals surface area (Å²) in [5, 5.41) is 2.87. The maximum Gasteiger partial charge on any atom is 0.321 e. The first-order valence-corrected chi connectivity index (χ1v) is 8.26. The first-order valence-electron chi connectivity index (χ1n) is 8.26. The Labute approximate surface area is 145 Å². The van der Waals surface area contributed by atoms with Gasteiger partial charge in [0.05, 0.1) is 13.0 Å². The van der Waals surface area contributed by atoms with E-state index >= 15 is 0 Å². The topological polar surface area (TPSA) is 87.9 Å². The quantitative estimate of drug-likeness (QED) is 0.913. The van der Waals surface area contributed by atoms with Gasteiger partial charge in [-0.15, -0.1) is 0 Å². The van der Waals surface area contributed by atoms with E-state index in [4.69, 9.17) is 9.15 Å². The third-order valence-electron chi connectivity index (χ3n) is 4.19. The van der Waals surface area contributed by atoms with Crippen molar-refractivity contribution >= 4 is 28.7 Å². The molecule has 3 rings (SSSR count). The molecular formula is C17H22N4O4. The number of carbonyl (C=O) groups is 2. The summed E-state index contributed by atoms with van der Waals surface area (Å²) >= 11 is 0. The molecule has 0 aliphatic carbocycles. The van der Waals surface area contributed by atoms with Crippen LogP contribution in [-0.4, -0.2) is 66.6 Å². The molecule has 0 atom stereocenters. The lowest BCUT2D eigenvalue weighted by Crippen LogP contribution is -2.51. The molecule has 1 aromatic carbocycles. The van der Waals surface area contributed by atoms with Crippen LogP contribution < -0.4 is 5.32 Å². The Hall–Kier alpha value is -2.61. The number of nitrogens with zero attached hydrogens (tertiary/aromatic N) is 3. The maximum atomic E-state index is 12.4. The lowest BCUT2D eigenvalue weighted by atomic mass is 10.2. The second-order valence-electron chi connectivity index (χ2n) is 5.96. The van der Waals surface area contributed by atoms with Gasteiger partial charge in [-0.2, -0.15) is 0 Å². The fourth-order valence-corrected chi connectivity index (χ4v) is 2.83. The Morgan fingerprint density at radius 3 is 2.68 bits per heavy atom. The number of hydrogen-bond acceptors (Lipinski definition) is 5. The number of benzene rings is 1. The molecule has 25 heavy (non-hydrogen) atoms. The molecule has 0 spiro atoms. The number of rotatable bonds is 4. The van der Waals surface area contributed by atoms with E-state index in [1.165, 1.54) is 0 Å². The van der Waals surface area contributed by atoms with Crippen LogP contribution in [0, 0.1) is 6.92 Å². The van der Waals surface area contributed by atoms with E-state index in [0.29, 0.717) is 61.9 Å². The van der Waals surface area contributed by atoms with Gasteiger partial charge in [-0.05, 0) is 18.2 Å². The van der Waals surface area contributed by atoms with E-state index < -0.39 is 0 Å². The highest BCUT2D eigenvalue weighted by atomic mass is 16.5. The van der Waals surface area contributed by atoms with Gasteiger partial charge in [0.2, 0.25) is 5.91 Å². The third kappa shape index (κ3) is 4.08. The van der Waals surface area contributed by atoms with Crippen LogP contribution >= 0.6 is 0 Å². The van der Waals surface area contributed by atoms with Crippen LogP contribution in [0.15, 0.2) is 22.6 Å². The Morgan fingerprint density at radius 1 is 1.24 bits per heavy atom. The monoisotopic (exact) mass is 346 g/mol. The molecular weight excluding hydrogens is 324 g/mol. The summed E-state index contributed by atoms with van der Waals surface area (Å²) < 4.78 is 10.4. The standard InChI is InChI=1S/C17H22N4O4/c1-12-18-14-11-13(3-4-15(14)25-12)19-17(23)21-8-6-20(7-9-21)16(22)5-10-24-2/h3-4,11H,5-10H2,1-2H3,(H,19,23). The van der Waals surface area contributed by atoms with Crippen molar-refractivity contribution in [3.05, 3.63) is 24.1 Å². The number of aromatic nitrogens is 1. The summed E-state index contributed by atoms with van der Waals surface area (Å²) in [5.74, 6) is 0.654. The number of ether oxygens (including phenoxy) is 1. The van der Waals surface area contributed by atoms with Gasteiger partial charge in [-0.3, -0.25) is 4.79 Å². The smallest absolute Gasteiger partial charge is 0.321 e. The van der Waals surface area contributed by atoms with Gasteiger partial charge in [-0.25, -0.2) is 9.78 Å². The number of amides is 3. The molecule has 1 N–H and O–H groups in total. The van der Waals surface area contributed by atoms with Crippen molar-refractivity contribution in [2.75, 3.05) is 45.2 Å². The van der Waals surface area contributed by atoms with Gasteiger partial charge in [0, 0.05) is 45.9 Å². The Balaban J connectivity index is 1.54. The summed E-state index contributed by atoms with van der Waals surface area (Å²) in [7, 11) is 1.58. The lowest BCUT2D eigenvalue weighted by Gasteiger charge is -2.34. The second kappa shape index (κ2) is 7.52. The SMILES string of the molecule is COCCC(=O)N1CCN(C(=O)Nc2ccc3oc(C)nc3c2)CC1. The number of aryl methyl sites for hydroxylation is 1. The second-order valence-corrected chi connectivity index (χ2v) is 5.96. The summed E-state index contributed by atoms with van der Waals surface area (Å²) in [6, 6.07) is 5.18. The van der Waals surface area contributed by atoms with E-state index in [-0.39, 0.29) is 11.9 Å². The van der Waals surface area contributed by atoms with Crippen molar-refractivity contribution in [3.8, 4) is 0 Å². The van der Waals surface area contributed by atoms with E-state index in [1.54, 1.807) is 42.0 Å². The van der Waals surface area contributed by atoms with Crippen molar-refractivity contribution < 1.29 is 18.7 Å². The van der Waals surface area contributed by atoms with Crippen LogP contribution in [-0.2, 0) is 9.53 Å². The minimum Gasteiger partial charge on any atom is -0.441 e. The Kier molecular flexibility index (Phi) is 5.18. The number of oxazole rings is 1. The molecule has 0 unspecified atom stereocenters. The molecule has 134 valence electrons. The minimum atomic E-state index is -0.177. The molecule has 0 bridgehead atoms. The number of anilines is 1. The van der Waals surface area contributed by atoms with E-state index in [1.807, 2.05) is 0 Å². The Morgan fingerprint density at radius 2 is 1.96 bits per heavy atom. The average molecular weight is 346 g/mol. The van der Waals surface area contributed by atoms with Crippen LogP contribution in [0.3, 0.4) is 0 Å². The third-order valence-corrected chi connectivity index (χ3v) is 4.19. The van der Waals surface area contributed by atoms with E-state index in [2.05, 4.69) is 10.3 Å². The van der Waals surface area contributed by atoms with Crippen molar-refractivity contribution in [2.45, 2.75) is 13.3 Å². The molecule has 1 fully saturated rings. The van der Waals surface area contributed by atoms with Crippen LogP contribution in [0.25, 0.3) is 11.1 Å². The largest absolute Gasteiger partial charge is 0.441 e. The van der Waals surface area contributed by atoms with Gasteiger partial charge in [0.25, 0.3) is 0 Å². The van der Waals surface area contributed by atoms with Gasteiger partial charge in [-0.1, -0.05) is 0 Å². The van der Waals surface area contributed by atoms with Crippen molar-refractivity contribution in [1.82, 2.24) is 14.8 Å². The molecule has 3 amide bonds. The van der Waals surface area contributed by atoms with Gasteiger partial charge >= 0.3 is 6.03 Å². The van der Waals surface area contributed by atoms with Crippen molar-refractivity contribution in [1.29, 1.82) is 0 Å². The zero-order chi connectivity index (χ0) is 17.8. The highest BCUT2D eigenvalue weighted by molar-refractivity contribution is 5.91. The number of fused-ring (bicyclic) bond motifs is 1. The molecule has 1 aromatic heterocycles. The van der Waals surface area contributed by atoms with Crippen molar-refractivity contribution in [3.63, 3.8) is 0 Å². The van der Waals surface area contributed by atoms with Crippen LogP contribution in [0.2, 0.25) is 0 Å². The fraction of sp³-hybridized carbons (Fsp3) is 0.471. The minimum absolute atomic E-state index is 0.0637.